The first-order chi connectivity index (χ1) is 8.61. The molecule has 0 spiro atoms. The predicted octanol–water partition coefficient (Wildman–Crippen LogP) is 3.02. The summed E-state index contributed by atoms with van der Waals surface area (Å²) in [6.45, 7) is 14.1. The Kier molecular flexibility index (Phi) is 16.1. The minimum atomic E-state index is 0. The van der Waals surface area contributed by atoms with Gasteiger partial charge in [0, 0.05) is 32.3 Å². The molecule has 0 heterocycles. The molecule has 0 aromatic rings. The molecule has 0 fully saturated rings. The highest BCUT2D eigenvalue weighted by Crippen LogP contribution is 1.99. The standard InChI is InChI=1S/C14H31N3O.HI/c1-6-15-14(17-13(5)12(3)4)16-10-8-9-11-18-7-2;/h12-13H,6-11H2,1-5H3,(H2,15,16,17);1H. The topological polar surface area (TPSA) is 45.7 Å². The van der Waals surface area contributed by atoms with Crippen LogP contribution in [0.25, 0.3) is 0 Å². The molecular formula is C14H32IN3O. The normalized spacial score (nSPS) is 13.1. The van der Waals surface area contributed by atoms with Crippen LogP contribution in [0.2, 0.25) is 0 Å². The second-order valence-corrected chi connectivity index (χ2v) is 4.84. The van der Waals surface area contributed by atoms with Gasteiger partial charge in [-0.2, -0.15) is 0 Å². The summed E-state index contributed by atoms with van der Waals surface area (Å²) < 4.78 is 5.30. The van der Waals surface area contributed by atoms with Gasteiger partial charge in [-0.15, -0.1) is 24.0 Å². The molecule has 0 amide bonds. The molecular weight excluding hydrogens is 353 g/mol. The molecule has 0 aliphatic carbocycles. The number of unbranched alkanes of at least 4 members (excludes halogenated alkanes) is 1. The number of nitrogens with one attached hydrogen (secondary N) is 2. The number of guanidine groups is 1. The fraction of sp³-hybridized carbons (Fsp3) is 0.929. The summed E-state index contributed by atoms with van der Waals surface area (Å²) in [4.78, 5) is 4.57. The Hall–Kier alpha value is -0.0400. The molecule has 4 nitrogen and oxygen atoms in total. The van der Waals surface area contributed by atoms with Crippen molar-refractivity contribution >= 4 is 29.9 Å². The summed E-state index contributed by atoms with van der Waals surface area (Å²) in [5.41, 5.74) is 0. The first-order valence-electron chi connectivity index (χ1n) is 7.24. The first kappa shape index (κ1) is 21.3. The molecule has 1 unspecified atom stereocenters. The van der Waals surface area contributed by atoms with E-state index < -0.39 is 0 Å². The van der Waals surface area contributed by atoms with Crippen molar-refractivity contribution < 1.29 is 4.74 Å². The smallest absolute Gasteiger partial charge is 0.191 e. The van der Waals surface area contributed by atoms with Gasteiger partial charge in [0.15, 0.2) is 5.96 Å². The molecule has 0 aliphatic rings. The summed E-state index contributed by atoms with van der Waals surface area (Å²) in [5, 5.41) is 6.71. The van der Waals surface area contributed by atoms with Crippen LogP contribution in [0, 0.1) is 5.92 Å². The van der Waals surface area contributed by atoms with Crippen molar-refractivity contribution in [2.75, 3.05) is 26.3 Å². The maximum Gasteiger partial charge on any atom is 0.191 e. The number of aliphatic imine (C=N–C) groups is 1. The Balaban J connectivity index is 0. The average molecular weight is 385 g/mol. The molecule has 5 heteroatoms. The van der Waals surface area contributed by atoms with Crippen LogP contribution in [0.3, 0.4) is 0 Å². The van der Waals surface area contributed by atoms with E-state index in [2.05, 4.69) is 43.3 Å². The number of nitrogens with zero attached hydrogens (tertiary/aromatic N) is 1. The molecule has 0 radical (unpaired) electrons. The Morgan fingerprint density at radius 2 is 1.84 bits per heavy atom. The van der Waals surface area contributed by atoms with Crippen LogP contribution in [-0.2, 0) is 4.74 Å². The van der Waals surface area contributed by atoms with Crippen molar-refractivity contribution in [1.82, 2.24) is 10.6 Å². The van der Waals surface area contributed by atoms with E-state index in [1.807, 2.05) is 6.92 Å². The van der Waals surface area contributed by atoms with Crippen molar-refractivity contribution in [2.45, 2.75) is 53.5 Å². The summed E-state index contributed by atoms with van der Waals surface area (Å²) >= 11 is 0. The van der Waals surface area contributed by atoms with Crippen LogP contribution < -0.4 is 10.6 Å². The van der Waals surface area contributed by atoms with Gasteiger partial charge in [-0.1, -0.05) is 13.8 Å². The van der Waals surface area contributed by atoms with Crippen molar-refractivity contribution in [3.05, 3.63) is 0 Å². The lowest BCUT2D eigenvalue weighted by atomic mass is 10.1. The molecule has 2 N–H and O–H groups in total. The van der Waals surface area contributed by atoms with Crippen LogP contribution in [0.4, 0.5) is 0 Å². The predicted molar refractivity (Wildman–Crippen MR) is 94.6 cm³/mol. The summed E-state index contributed by atoms with van der Waals surface area (Å²) in [7, 11) is 0. The number of rotatable bonds is 9. The Morgan fingerprint density at radius 1 is 1.16 bits per heavy atom. The van der Waals surface area contributed by atoms with E-state index in [1.165, 1.54) is 0 Å². The van der Waals surface area contributed by atoms with E-state index in [4.69, 9.17) is 4.74 Å². The minimum Gasteiger partial charge on any atom is -0.382 e. The van der Waals surface area contributed by atoms with Gasteiger partial charge in [0.25, 0.3) is 0 Å². The zero-order valence-corrected chi connectivity index (χ0v) is 15.5. The second-order valence-electron chi connectivity index (χ2n) is 4.84. The minimum absolute atomic E-state index is 0. The quantitative estimate of drug-likeness (QED) is 0.278. The van der Waals surface area contributed by atoms with Crippen LogP contribution in [0.15, 0.2) is 4.99 Å². The third-order valence-corrected chi connectivity index (χ3v) is 2.88. The van der Waals surface area contributed by atoms with Crippen LogP contribution in [0.5, 0.6) is 0 Å². The van der Waals surface area contributed by atoms with Gasteiger partial charge in [0.05, 0.1) is 0 Å². The van der Waals surface area contributed by atoms with E-state index in [0.717, 1.165) is 45.1 Å². The molecule has 0 bridgehead atoms. The maximum atomic E-state index is 5.30. The number of hydrogen-bond acceptors (Lipinski definition) is 2. The van der Waals surface area contributed by atoms with Crippen LogP contribution >= 0.6 is 24.0 Å². The SMILES string of the molecule is CCNC(=NCCCCOCC)NC(C)C(C)C.I. The number of halogens is 1. The van der Waals surface area contributed by atoms with E-state index in [-0.39, 0.29) is 24.0 Å². The molecule has 0 aromatic heterocycles. The fourth-order valence-electron chi connectivity index (χ4n) is 1.35. The lowest BCUT2D eigenvalue weighted by Gasteiger charge is -2.20. The van der Waals surface area contributed by atoms with Gasteiger partial charge < -0.3 is 15.4 Å². The van der Waals surface area contributed by atoms with E-state index in [1.54, 1.807) is 0 Å². The largest absolute Gasteiger partial charge is 0.382 e. The van der Waals surface area contributed by atoms with Crippen LogP contribution in [-0.4, -0.2) is 38.3 Å². The van der Waals surface area contributed by atoms with Gasteiger partial charge in [0.2, 0.25) is 0 Å². The van der Waals surface area contributed by atoms with Gasteiger partial charge in [-0.05, 0) is 39.5 Å². The Morgan fingerprint density at radius 3 is 2.37 bits per heavy atom. The van der Waals surface area contributed by atoms with Gasteiger partial charge in [0.1, 0.15) is 0 Å². The van der Waals surface area contributed by atoms with Gasteiger partial charge in [-0.3, -0.25) is 4.99 Å². The zero-order chi connectivity index (χ0) is 13.8. The lowest BCUT2D eigenvalue weighted by Crippen LogP contribution is -2.44. The second kappa shape index (κ2) is 14.4. The van der Waals surface area contributed by atoms with Crippen LogP contribution in [0.1, 0.15) is 47.5 Å². The highest BCUT2D eigenvalue weighted by Gasteiger charge is 2.08. The summed E-state index contributed by atoms with van der Waals surface area (Å²) in [6.07, 6.45) is 2.16. The molecule has 19 heavy (non-hydrogen) atoms. The van der Waals surface area contributed by atoms with Gasteiger partial charge >= 0.3 is 0 Å². The summed E-state index contributed by atoms with van der Waals surface area (Å²) in [5.74, 6) is 1.53. The average Bonchev–Trinajstić information content (AvgIpc) is 2.33. The van der Waals surface area contributed by atoms with Crippen molar-refractivity contribution in [3.63, 3.8) is 0 Å². The lowest BCUT2D eigenvalue weighted by molar-refractivity contribution is 0.144. The van der Waals surface area contributed by atoms with Crippen molar-refractivity contribution in [2.24, 2.45) is 10.9 Å². The third kappa shape index (κ3) is 12.7. The Bertz CT molecular complexity index is 223. The van der Waals surface area contributed by atoms with Gasteiger partial charge in [-0.25, -0.2) is 0 Å². The zero-order valence-electron chi connectivity index (χ0n) is 13.2. The maximum absolute atomic E-state index is 5.30. The van der Waals surface area contributed by atoms with E-state index >= 15 is 0 Å². The molecule has 0 saturated carbocycles. The first-order valence-corrected chi connectivity index (χ1v) is 7.24. The fourth-order valence-corrected chi connectivity index (χ4v) is 1.35. The highest BCUT2D eigenvalue weighted by atomic mass is 127. The number of hydrogen-bond donors (Lipinski definition) is 2. The molecule has 0 rings (SSSR count). The monoisotopic (exact) mass is 385 g/mol. The van der Waals surface area contributed by atoms with Crippen molar-refractivity contribution in [1.29, 1.82) is 0 Å². The Labute approximate surface area is 136 Å². The summed E-state index contributed by atoms with van der Waals surface area (Å²) in [6, 6.07) is 0.436. The molecule has 116 valence electrons. The highest BCUT2D eigenvalue weighted by molar-refractivity contribution is 14.0. The van der Waals surface area contributed by atoms with E-state index in [0.29, 0.717) is 12.0 Å². The van der Waals surface area contributed by atoms with Crippen molar-refractivity contribution in [3.8, 4) is 0 Å². The number of ether oxygens (including phenoxy) is 1. The molecule has 0 aromatic carbocycles. The molecule has 0 aliphatic heterocycles. The molecule has 1 atom stereocenters. The van der Waals surface area contributed by atoms with E-state index in [9.17, 15) is 0 Å². The molecule has 0 saturated heterocycles. The third-order valence-electron chi connectivity index (χ3n) is 2.88.